The Balaban J connectivity index is 1.86. The Bertz CT molecular complexity index is 913. The largest absolute Gasteiger partial charge is 0.416 e. The highest BCUT2D eigenvalue weighted by atomic mass is 32.2. The number of hydrogen-bond donors (Lipinski definition) is 0. The van der Waals surface area contributed by atoms with Gasteiger partial charge in [-0.3, -0.25) is 0 Å². The molecule has 3 rings (SSSR count). The predicted octanol–water partition coefficient (Wildman–Crippen LogP) is 5.80. The number of rotatable bonds is 5. The van der Waals surface area contributed by atoms with Gasteiger partial charge in [0.15, 0.2) is 5.17 Å². The molecule has 1 heterocycles. The summed E-state index contributed by atoms with van der Waals surface area (Å²) in [7, 11) is 1.86. The van der Waals surface area contributed by atoms with Gasteiger partial charge >= 0.3 is 12.4 Å². The number of hydrogen-bond acceptors (Lipinski definition) is 4. The third-order valence-electron chi connectivity index (χ3n) is 4.89. The number of alkyl halides is 6. The third kappa shape index (κ3) is 5.35. The van der Waals surface area contributed by atoms with E-state index in [4.69, 9.17) is 9.73 Å². The average molecular weight is 462 g/mol. The van der Waals surface area contributed by atoms with Crippen LogP contribution in [-0.2, 0) is 29.2 Å². The fraction of sp³-hybridized carbons (Fsp3) is 0.381. The fourth-order valence-electron chi connectivity index (χ4n) is 3.47. The van der Waals surface area contributed by atoms with E-state index in [9.17, 15) is 26.3 Å². The second kappa shape index (κ2) is 8.74. The maximum Gasteiger partial charge on any atom is 0.416 e. The van der Waals surface area contributed by atoms with E-state index in [1.54, 1.807) is 0 Å². The van der Waals surface area contributed by atoms with Crippen LogP contribution in [0.25, 0.3) is 0 Å². The van der Waals surface area contributed by atoms with Crippen LogP contribution in [0.1, 0.15) is 22.3 Å². The Morgan fingerprint density at radius 2 is 1.58 bits per heavy atom. The summed E-state index contributed by atoms with van der Waals surface area (Å²) in [4.78, 5) is 6.69. The van der Waals surface area contributed by atoms with E-state index >= 15 is 0 Å². The standard InChI is InChI=1S/C21H20F6N2OS/c1-29-12-19(28-18(29)31-2,15-6-4-3-5-7-15)13-30-11-14-8-16(20(22,23)24)10-17(9-14)21(25,26)27/h3-10H,11-13H2,1-2H3/t19-/m1/s1. The van der Waals surface area contributed by atoms with Crippen LogP contribution in [0.3, 0.4) is 0 Å². The molecule has 0 amide bonds. The Kier molecular flexibility index (Phi) is 6.61. The van der Waals surface area contributed by atoms with Crippen molar-refractivity contribution in [3.63, 3.8) is 0 Å². The van der Waals surface area contributed by atoms with Crippen LogP contribution in [0.5, 0.6) is 0 Å². The summed E-state index contributed by atoms with van der Waals surface area (Å²) in [5.74, 6) is 0. The molecule has 1 atom stereocenters. The minimum Gasteiger partial charge on any atom is -0.374 e. The van der Waals surface area contributed by atoms with Gasteiger partial charge in [0, 0.05) is 7.05 Å². The van der Waals surface area contributed by atoms with Crippen molar-refractivity contribution < 1.29 is 31.1 Å². The minimum absolute atomic E-state index is 0.00299. The zero-order valence-corrected chi connectivity index (χ0v) is 17.5. The van der Waals surface area contributed by atoms with E-state index in [2.05, 4.69) is 0 Å². The van der Waals surface area contributed by atoms with Crippen molar-refractivity contribution in [2.24, 2.45) is 4.99 Å². The minimum atomic E-state index is -4.90. The molecule has 0 radical (unpaired) electrons. The number of aliphatic imine (C=N–C) groups is 1. The van der Waals surface area contributed by atoms with Crippen molar-refractivity contribution in [1.29, 1.82) is 0 Å². The molecule has 0 saturated heterocycles. The van der Waals surface area contributed by atoms with Crippen molar-refractivity contribution in [3.8, 4) is 0 Å². The van der Waals surface area contributed by atoms with E-state index in [-0.39, 0.29) is 18.2 Å². The summed E-state index contributed by atoms with van der Waals surface area (Å²) in [5, 5.41) is 0.769. The number of nitrogens with zero attached hydrogens (tertiary/aromatic N) is 2. The van der Waals surface area contributed by atoms with Gasteiger partial charge < -0.3 is 9.64 Å². The summed E-state index contributed by atoms with van der Waals surface area (Å²) >= 11 is 1.45. The topological polar surface area (TPSA) is 24.8 Å². The lowest BCUT2D eigenvalue weighted by Crippen LogP contribution is -2.35. The normalized spacial score (nSPS) is 19.6. The maximum absolute atomic E-state index is 13.1. The molecule has 0 spiro atoms. The zero-order chi connectivity index (χ0) is 22.9. The first-order valence-corrected chi connectivity index (χ1v) is 10.4. The van der Waals surface area contributed by atoms with E-state index in [0.29, 0.717) is 18.7 Å². The van der Waals surface area contributed by atoms with Gasteiger partial charge in [-0.05, 0) is 35.6 Å². The van der Waals surface area contributed by atoms with Crippen molar-refractivity contribution in [2.75, 3.05) is 26.5 Å². The molecule has 1 aliphatic heterocycles. The zero-order valence-electron chi connectivity index (χ0n) is 16.7. The number of amidine groups is 1. The molecule has 0 saturated carbocycles. The van der Waals surface area contributed by atoms with Crippen LogP contribution < -0.4 is 0 Å². The molecule has 0 aromatic heterocycles. The molecule has 0 N–H and O–H groups in total. The second-order valence-corrected chi connectivity index (χ2v) is 8.03. The Hall–Kier alpha value is -2.20. The summed E-state index contributed by atoms with van der Waals surface area (Å²) in [6, 6.07) is 10.7. The predicted molar refractivity (Wildman–Crippen MR) is 108 cm³/mol. The number of thioether (sulfide) groups is 1. The highest BCUT2D eigenvalue weighted by Crippen LogP contribution is 2.37. The first-order valence-electron chi connectivity index (χ1n) is 9.21. The molecule has 31 heavy (non-hydrogen) atoms. The molecule has 1 aliphatic rings. The molecule has 0 aliphatic carbocycles. The fourth-order valence-corrected chi connectivity index (χ4v) is 4.11. The van der Waals surface area contributed by atoms with Gasteiger partial charge in [-0.15, -0.1) is 0 Å². The van der Waals surface area contributed by atoms with E-state index in [0.717, 1.165) is 10.7 Å². The van der Waals surface area contributed by atoms with Crippen molar-refractivity contribution in [3.05, 3.63) is 70.8 Å². The number of likely N-dealkylation sites (N-methyl/N-ethyl adjacent to an activating group) is 1. The van der Waals surface area contributed by atoms with Gasteiger partial charge in [0.2, 0.25) is 0 Å². The third-order valence-corrected chi connectivity index (χ3v) is 5.65. The monoisotopic (exact) mass is 462 g/mol. The molecule has 0 bridgehead atoms. The summed E-state index contributed by atoms with van der Waals surface area (Å²) in [5.41, 5.74) is -2.87. The van der Waals surface area contributed by atoms with E-state index < -0.39 is 35.6 Å². The average Bonchev–Trinajstić information content (AvgIpc) is 3.04. The van der Waals surface area contributed by atoms with Crippen LogP contribution in [-0.4, -0.2) is 36.5 Å². The second-order valence-electron chi connectivity index (χ2n) is 7.26. The molecule has 3 nitrogen and oxygen atoms in total. The lowest BCUT2D eigenvalue weighted by molar-refractivity contribution is -0.143. The first-order chi connectivity index (χ1) is 14.4. The van der Waals surface area contributed by atoms with Gasteiger partial charge in [0.1, 0.15) is 5.54 Å². The first kappa shape index (κ1) is 23.5. The number of benzene rings is 2. The van der Waals surface area contributed by atoms with Crippen LogP contribution in [0.15, 0.2) is 53.5 Å². The SMILES string of the molecule is CSC1=N[C@](COCc2cc(C(F)(F)F)cc(C(F)(F)F)c2)(c2ccccc2)CN1C. The maximum atomic E-state index is 13.1. The van der Waals surface area contributed by atoms with Gasteiger partial charge in [0.05, 0.1) is 30.9 Å². The van der Waals surface area contributed by atoms with E-state index in [1.807, 2.05) is 48.5 Å². The van der Waals surface area contributed by atoms with Crippen molar-refractivity contribution in [1.82, 2.24) is 4.90 Å². The molecule has 0 unspecified atom stereocenters. The molecule has 2 aromatic carbocycles. The van der Waals surface area contributed by atoms with Crippen LogP contribution in [0, 0.1) is 0 Å². The van der Waals surface area contributed by atoms with Gasteiger partial charge in [-0.2, -0.15) is 26.3 Å². The Morgan fingerprint density at radius 3 is 2.06 bits per heavy atom. The highest BCUT2D eigenvalue weighted by molar-refractivity contribution is 8.13. The van der Waals surface area contributed by atoms with Gasteiger partial charge in [0.25, 0.3) is 0 Å². The van der Waals surface area contributed by atoms with Gasteiger partial charge in [-0.1, -0.05) is 42.1 Å². The molecule has 10 heteroatoms. The van der Waals surface area contributed by atoms with Gasteiger partial charge in [-0.25, -0.2) is 4.99 Å². The Morgan fingerprint density at radius 1 is 1.00 bits per heavy atom. The summed E-state index contributed by atoms with van der Waals surface area (Å²) < 4.78 is 84.1. The molecular weight excluding hydrogens is 442 g/mol. The molecule has 0 fully saturated rings. The number of ether oxygens (including phenoxy) is 1. The smallest absolute Gasteiger partial charge is 0.374 e. The van der Waals surface area contributed by atoms with Crippen molar-refractivity contribution in [2.45, 2.75) is 24.5 Å². The molecular formula is C21H20F6N2OS. The number of halogens is 6. The summed E-state index contributed by atoms with van der Waals surface area (Å²) in [6.45, 7) is 0.0714. The quantitative estimate of drug-likeness (QED) is 0.525. The lowest BCUT2D eigenvalue weighted by atomic mass is 9.92. The summed E-state index contributed by atoms with van der Waals surface area (Å²) in [6.07, 6.45) is -7.92. The lowest BCUT2D eigenvalue weighted by Gasteiger charge is -2.27. The molecule has 2 aromatic rings. The highest BCUT2D eigenvalue weighted by Gasteiger charge is 2.40. The van der Waals surface area contributed by atoms with Crippen LogP contribution >= 0.6 is 11.8 Å². The molecule has 168 valence electrons. The Labute approximate surface area is 180 Å². The van der Waals surface area contributed by atoms with Crippen molar-refractivity contribution >= 4 is 16.9 Å². The van der Waals surface area contributed by atoms with Crippen LogP contribution in [0.4, 0.5) is 26.3 Å². The van der Waals surface area contributed by atoms with E-state index in [1.165, 1.54) is 11.8 Å². The van der Waals surface area contributed by atoms with Crippen LogP contribution in [0.2, 0.25) is 0 Å².